The molecule has 1 aliphatic rings. The summed E-state index contributed by atoms with van der Waals surface area (Å²) in [6.45, 7) is 2.03. The molecule has 4 nitrogen and oxygen atoms in total. The topological polar surface area (TPSA) is 51.0 Å². The van der Waals surface area contributed by atoms with Crippen LogP contribution in [0, 0.1) is 0 Å². The Labute approximate surface area is 157 Å². The molecule has 132 valence electrons. The van der Waals surface area contributed by atoms with E-state index in [0.717, 1.165) is 17.7 Å². The van der Waals surface area contributed by atoms with Crippen LogP contribution in [0.25, 0.3) is 22.6 Å². The molecule has 1 aliphatic carbocycles. The third-order valence-electron chi connectivity index (χ3n) is 5.01. The smallest absolute Gasteiger partial charge is 0.247 e. The van der Waals surface area contributed by atoms with E-state index in [1.807, 2.05) is 37.3 Å². The summed E-state index contributed by atoms with van der Waals surface area (Å²) < 4.78 is 5.86. The molecule has 0 spiro atoms. The Morgan fingerprint density at radius 3 is 2.52 bits per heavy atom. The minimum atomic E-state index is -0.0724. The lowest BCUT2D eigenvalue weighted by molar-refractivity contribution is 0.485. The van der Waals surface area contributed by atoms with Gasteiger partial charge in [-0.1, -0.05) is 48.5 Å². The normalized spacial score (nSPS) is 13.1. The third kappa shape index (κ3) is 2.89. The summed E-state index contributed by atoms with van der Waals surface area (Å²) in [6.07, 6.45) is 0.980. The Balaban J connectivity index is 1.36. The van der Waals surface area contributed by atoms with Crippen molar-refractivity contribution in [1.82, 2.24) is 10.2 Å². The van der Waals surface area contributed by atoms with Gasteiger partial charge >= 0.3 is 0 Å². The predicted molar refractivity (Wildman–Crippen MR) is 106 cm³/mol. The first-order chi connectivity index (χ1) is 13.3. The fraction of sp³-hybridized carbons (Fsp3) is 0.130. The van der Waals surface area contributed by atoms with Gasteiger partial charge in [0, 0.05) is 11.3 Å². The van der Waals surface area contributed by atoms with Crippen LogP contribution in [0.5, 0.6) is 0 Å². The van der Waals surface area contributed by atoms with Crippen molar-refractivity contribution in [3.63, 3.8) is 0 Å². The highest BCUT2D eigenvalue weighted by atomic mass is 16.4. The number of benzene rings is 3. The van der Waals surface area contributed by atoms with Crippen molar-refractivity contribution < 1.29 is 4.42 Å². The monoisotopic (exact) mass is 353 g/mol. The molecule has 0 aliphatic heterocycles. The molecule has 5 rings (SSSR count). The number of hydrogen-bond acceptors (Lipinski definition) is 4. The molecule has 0 saturated carbocycles. The Morgan fingerprint density at radius 2 is 1.63 bits per heavy atom. The molecule has 4 heteroatoms. The second-order valence-electron chi connectivity index (χ2n) is 6.88. The Hall–Kier alpha value is -3.40. The zero-order chi connectivity index (χ0) is 18.2. The van der Waals surface area contributed by atoms with Crippen LogP contribution >= 0.6 is 0 Å². The molecular formula is C23H19N3O. The van der Waals surface area contributed by atoms with Gasteiger partial charge in [0.25, 0.3) is 0 Å². The summed E-state index contributed by atoms with van der Waals surface area (Å²) in [5, 5.41) is 11.9. The van der Waals surface area contributed by atoms with Crippen molar-refractivity contribution in [2.24, 2.45) is 0 Å². The standard InChI is InChI=1S/C23H19N3O/c1-15(22-25-26-23(27-22)16-7-3-2-4-8-16)24-19-11-12-21-18(14-19)13-17-9-5-6-10-20(17)21/h2-12,14-15,24H,13H2,1H3/t15-/m1/s1. The van der Waals surface area contributed by atoms with Gasteiger partial charge in [0.15, 0.2) is 0 Å². The first kappa shape index (κ1) is 15.8. The number of hydrogen-bond donors (Lipinski definition) is 1. The molecule has 0 fully saturated rings. The van der Waals surface area contributed by atoms with Gasteiger partial charge < -0.3 is 9.73 Å². The van der Waals surface area contributed by atoms with Gasteiger partial charge in [-0.2, -0.15) is 0 Å². The molecule has 1 N–H and O–H groups in total. The van der Waals surface area contributed by atoms with E-state index in [4.69, 9.17) is 4.42 Å². The van der Waals surface area contributed by atoms with Crippen LogP contribution in [0.15, 0.2) is 77.2 Å². The first-order valence-electron chi connectivity index (χ1n) is 9.14. The van der Waals surface area contributed by atoms with Crippen molar-refractivity contribution in [3.8, 4) is 22.6 Å². The lowest BCUT2D eigenvalue weighted by Crippen LogP contribution is -2.07. The number of anilines is 1. The summed E-state index contributed by atoms with van der Waals surface area (Å²) >= 11 is 0. The average molecular weight is 353 g/mol. The molecule has 1 heterocycles. The molecule has 1 atom stereocenters. The molecule has 0 bridgehead atoms. The highest BCUT2D eigenvalue weighted by molar-refractivity contribution is 5.78. The molecule has 4 aromatic rings. The Kier molecular flexibility index (Phi) is 3.75. The average Bonchev–Trinajstić information content (AvgIpc) is 3.33. The summed E-state index contributed by atoms with van der Waals surface area (Å²) in [6, 6.07) is 24.9. The van der Waals surface area contributed by atoms with E-state index in [1.54, 1.807) is 0 Å². The van der Waals surface area contributed by atoms with E-state index >= 15 is 0 Å². The number of rotatable bonds is 4. The van der Waals surface area contributed by atoms with Crippen molar-refractivity contribution >= 4 is 5.69 Å². The molecule has 3 aromatic carbocycles. The highest BCUT2D eigenvalue weighted by Crippen LogP contribution is 2.38. The fourth-order valence-electron chi connectivity index (χ4n) is 3.65. The van der Waals surface area contributed by atoms with Gasteiger partial charge in [-0.05, 0) is 59.9 Å². The largest absolute Gasteiger partial charge is 0.418 e. The summed E-state index contributed by atoms with van der Waals surface area (Å²) in [4.78, 5) is 0. The zero-order valence-electron chi connectivity index (χ0n) is 15.0. The third-order valence-corrected chi connectivity index (χ3v) is 5.01. The Morgan fingerprint density at radius 1 is 0.852 bits per heavy atom. The van der Waals surface area contributed by atoms with E-state index < -0.39 is 0 Å². The minimum absolute atomic E-state index is 0.0724. The second kappa shape index (κ2) is 6.40. The van der Waals surface area contributed by atoms with Gasteiger partial charge in [-0.25, -0.2) is 0 Å². The van der Waals surface area contributed by atoms with Crippen LogP contribution in [0.4, 0.5) is 5.69 Å². The van der Waals surface area contributed by atoms with Gasteiger partial charge in [0.05, 0.1) is 0 Å². The molecule has 0 radical (unpaired) electrons. The van der Waals surface area contributed by atoms with Gasteiger partial charge in [-0.3, -0.25) is 0 Å². The zero-order valence-corrected chi connectivity index (χ0v) is 15.0. The van der Waals surface area contributed by atoms with Crippen LogP contribution in [-0.4, -0.2) is 10.2 Å². The lowest BCUT2D eigenvalue weighted by atomic mass is 10.1. The van der Waals surface area contributed by atoms with Gasteiger partial charge in [0.1, 0.15) is 6.04 Å². The maximum Gasteiger partial charge on any atom is 0.247 e. The van der Waals surface area contributed by atoms with Gasteiger partial charge in [-0.15, -0.1) is 10.2 Å². The Bertz CT molecular complexity index is 1100. The predicted octanol–water partition coefficient (Wildman–Crippen LogP) is 5.48. The van der Waals surface area contributed by atoms with Crippen LogP contribution < -0.4 is 5.32 Å². The number of aromatic nitrogens is 2. The minimum Gasteiger partial charge on any atom is -0.418 e. The van der Waals surface area contributed by atoms with Crippen molar-refractivity contribution in [2.45, 2.75) is 19.4 Å². The molecule has 1 aromatic heterocycles. The number of nitrogens with zero attached hydrogens (tertiary/aromatic N) is 2. The summed E-state index contributed by atoms with van der Waals surface area (Å²) in [5.74, 6) is 1.13. The molecule has 0 unspecified atom stereocenters. The molecule has 0 amide bonds. The molecule has 27 heavy (non-hydrogen) atoms. The van der Waals surface area contributed by atoms with Crippen molar-refractivity contribution in [1.29, 1.82) is 0 Å². The molecule has 0 saturated heterocycles. The quantitative estimate of drug-likeness (QED) is 0.465. The maximum atomic E-state index is 5.86. The van der Waals surface area contributed by atoms with E-state index in [-0.39, 0.29) is 6.04 Å². The second-order valence-corrected chi connectivity index (χ2v) is 6.88. The van der Waals surface area contributed by atoms with E-state index in [2.05, 4.69) is 58.0 Å². The molecular weight excluding hydrogens is 334 g/mol. The van der Waals surface area contributed by atoms with E-state index in [0.29, 0.717) is 11.8 Å². The number of fused-ring (bicyclic) bond motifs is 3. The van der Waals surface area contributed by atoms with Crippen molar-refractivity contribution in [3.05, 3.63) is 89.8 Å². The first-order valence-corrected chi connectivity index (χ1v) is 9.14. The summed E-state index contributed by atoms with van der Waals surface area (Å²) in [5.41, 5.74) is 7.41. The summed E-state index contributed by atoms with van der Waals surface area (Å²) in [7, 11) is 0. The van der Waals surface area contributed by atoms with E-state index in [9.17, 15) is 0 Å². The SMILES string of the molecule is C[C@@H](Nc1ccc2c(c1)Cc1ccccc1-2)c1nnc(-c2ccccc2)o1. The fourth-order valence-corrected chi connectivity index (χ4v) is 3.65. The van der Waals surface area contributed by atoms with Crippen molar-refractivity contribution in [2.75, 3.05) is 5.32 Å². The number of nitrogens with one attached hydrogen (secondary N) is 1. The van der Waals surface area contributed by atoms with Crippen LogP contribution in [0.2, 0.25) is 0 Å². The lowest BCUT2D eigenvalue weighted by Gasteiger charge is -2.13. The van der Waals surface area contributed by atoms with Crippen LogP contribution in [-0.2, 0) is 6.42 Å². The van der Waals surface area contributed by atoms with E-state index in [1.165, 1.54) is 22.3 Å². The van der Waals surface area contributed by atoms with Crippen LogP contribution in [0.3, 0.4) is 0 Å². The van der Waals surface area contributed by atoms with Crippen LogP contribution in [0.1, 0.15) is 30.0 Å². The highest BCUT2D eigenvalue weighted by Gasteiger charge is 2.19. The van der Waals surface area contributed by atoms with Gasteiger partial charge in [0.2, 0.25) is 11.8 Å². The maximum absolute atomic E-state index is 5.86.